The molecular weight excluding hydrogens is 272 g/mol. The molecule has 0 saturated carbocycles. The number of carbonyl (C=O) groups excluding carboxylic acids is 1. The molecule has 2 rings (SSSR count). The predicted molar refractivity (Wildman–Crippen MR) is 90.3 cm³/mol. The van der Waals surface area contributed by atoms with Gasteiger partial charge in [-0.05, 0) is 42.0 Å². The molecule has 0 saturated heterocycles. The third kappa shape index (κ3) is 5.17. The number of allylic oxidation sites excluding steroid dienone is 1. The highest BCUT2D eigenvalue weighted by Gasteiger charge is 2.02. The Bertz CT molecular complexity index is 606. The summed E-state index contributed by atoms with van der Waals surface area (Å²) < 4.78 is 0. The molecule has 0 atom stereocenters. The topological polar surface area (TPSA) is 42.0 Å². The maximum Gasteiger partial charge on any atom is 0.244 e. The van der Waals surface area contributed by atoms with Gasteiger partial charge in [0.05, 0.1) is 0 Å². The normalized spacial score (nSPS) is 11.2. The van der Waals surface area contributed by atoms with Gasteiger partial charge in [-0.25, -0.2) is 0 Å². The Morgan fingerprint density at radius 1 is 1.18 bits per heavy atom. The van der Waals surface area contributed by atoms with E-state index in [1.165, 1.54) is 5.56 Å². The van der Waals surface area contributed by atoms with Crippen molar-refractivity contribution in [2.24, 2.45) is 0 Å². The number of nitrogens with zero attached hydrogens (tertiary/aromatic N) is 1. The van der Waals surface area contributed by atoms with E-state index >= 15 is 0 Å². The van der Waals surface area contributed by atoms with Gasteiger partial charge in [0.1, 0.15) is 0 Å². The van der Waals surface area contributed by atoms with Crippen LogP contribution in [0.5, 0.6) is 0 Å². The minimum Gasteiger partial charge on any atom is -0.353 e. The molecule has 0 fully saturated rings. The van der Waals surface area contributed by atoms with Crippen molar-refractivity contribution in [1.82, 2.24) is 10.3 Å². The molecule has 2 aromatic rings. The van der Waals surface area contributed by atoms with Gasteiger partial charge in [-0.15, -0.1) is 0 Å². The van der Waals surface area contributed by atoms with Crippen LogP contribution < -0.4 is 5.32 Å². The van der Waals surface area contributed by atoms with Crippen molar-refractivity contribution in [2.45, 2.75) is 26.2 Å². The summed E-state index contributed by atoms with van der Waals surface area (Å²) in [6, 6.07) is 14.0. The minimum atomic E-state index is -0.0214. The largest absolute Gasteiger partial charge is 0.353 e. The summed E-state index contributed by atoms with van der Waals surface area (Å²) in [4.78, 5) is 16.1. The van der Waals surface area contributed by atoms with Crippen molar-refractivity contribution in [3.05, 3.63) is 72.1 Å². The van der Waals surface area contributed by atoms with Crippen LogP contribution in [0.4, 0.5) is 0 Å². The van der Waals surface area contributed by atoms with Gasteiger partial charge in [0.15, 0.2) is 0 Å². The van der Waals surface area contributed by atoms with Crippen LogP contribution in [0.2, 0.25) is 0 Å². The molecule has 0 aliphatic rings. The number of carbonyl (C=O) groups is 1. The second-order valence-corrected chi connectivity index (χ2v) is 5.15. The maximum atomic E-state index is 12.0. The second kappa shape index (κ2) is 8.78. The average molecular weight is 294 g/mol. The van der Waals surface area contributed by atoms with Gasteiger partial charge in [0.2, 0.25) is 5.91 Å². The van der Waals surface area contributed by atoms with E-state index < -0.39 is 0 Å². The Hall–Kier alpha value is -2.42. The fourth-order valence-electron chi connectivity index (χ4n) is 2.30. The van der Waals surface area contributed by atoms with Crippen LogP contribution in [0.1, 0.15) is 30.9 Å². The van der Waals surface area contributed by atoms with Crippen molar-refractivity contribution in [3.8, 4) is 0 Å². The first-order valence-corrected chi connectivity index (χ1v) is 7.72. The lowest BCUT2D eigenvalue weighted by molar-refractivity contribution is -0.116. The first kappa shape index (κ1) is 16.0. The fourth-order valence-corrected chi connectivity index (χ4v) is 2.30. The van der Waals surface area contributed by atoms with Crippen LogP contribution in [-0.4, -0.2) is 17.4 Å². The first-order valence-electron chi connectivity index (χ1n) is 7.72. The lowest BCUT2D eigenvalue weighted by atomic mass is 10.0. The van der Waals surface area contributed by atoms with E-state index in [4.69, 9.17) is 0 Å². The zero-order valence-corrected chi connectivity index (χ0v) is 13.0. The number of amides is 1. The Morgan fingerprint density at radius 3 is 2.68 bits per heavy atom. The van der Waals surface area contributed by atoms with Crippen LogP contribution in [0.15, 0.2) is 60.9 Å². The van der Waals surface area contributed by atoms with E-state index in [0.717, 1.165) is 30.4 Å². The molecule has 0 aliphatic carbocycles. The molecule has 0 radical (unpaired) electrons. The summed E-state index contributed by atoms with van der Waals surface area (Å²) in [7, 11) is 0. The molecule has 3 heteroatoms. The van der Waals surface area contributed by atoms with Crippen molar-refractivity contribution in [3.63, 3.8) is 0 Å². The van der Waals surface area contributed by atoms with Gasteiger partial charge in [0.25, 0.3) is 0 Å². The molecule has 0 bridgehead atoms. The number of benzene rings is 1. The predicted octanol–water partition coefficient (Wildman–Crippen LogP) is 3.62. The maximum absolute atomic E-state index is 12.0. The Balaban J connectivity index is 1.80. The molecule has 0 spiro atoms. The SMILES string of the molecule is CC/C(=C\C(=O)NCCCc1cccnc1)c1ccccc1. The molecule has 1 heterocycles. The zero-order chi connectivity index (χ0) is 15.6. The monoisotopic (exact) mass is 294 g/mol. The van der Waals surface area contributed by atoms with Gasteiger partial charge in [0, 0.05) is 25.0 Å². The molecule has 1 amide bonds. The number of rotatable bonds is 7. The van der Waals surface area contributed by atoms with Crippen LogP contribution >= 0.6 is 0 Å². The lowest BCUT2D eigenvalue weighted by Gasteiger charge is -2.06. The summed E-state index contributed by atoms with van der Waals surface area (Å²) in [6.45, 7) is 2.74. The van der Waals surface area contributed by atoms with Gasteiger partial charge >= 0.3 is 0 Å². The van der Waals surface area contributed by atoms with Crippen molar-refractivity contribution < 1.29 is 4.79 Å². The van der Waals surface area contributed by atoms with E-state index in [0.29, 0.717) is 6.54 Å². The Kier molecular flexibility index (Phi) is 6.37. The van der Waals surface area contributed by atoms with E-state index in [1.807, 2.05) is 42.6 Å². The van der Waals surface area contributed by atoms with E-state index in [1.54, 1.807) is 12.3 Å². The number of hydrogen-bond donors (Lipinski definition) is 1. The highest BCUT2D eigenvalue weighted by molar-refractivity contribution is 5.95. The molecule has 1 N–H and O–H groups in total. The molecule has 1 aromatic carbocycles. The summed E-state index contributed by atoms with van der Waals surface area (Å²) in [6.07, 6.45) is 8.03. The summed E-state index contributed by atoms with van der Waals surface area (Å²) in [5, 5.41) is 2.95. The van der Waals surface area contributed by atoms with Crippen LogP contribution in [0.3, 0.4) is 0 Å². The molecular formula is C19H22N2O. The number of aryl methyl sites for hydroxylation is 1. The van der Waals surface area contributed by atoms with Gasteiger partial charge in [-0.1, -0.05) is 43.3 Å². The van der Waals surface area contributed by atoms with Crippen molar-refractivity contribution in [2.75, 3.05) is 6.54 Å². The molecule has 114 valence electrons. The lowest BCUT2D eigenvalue weighted by Crippen LogP contribution is -2.23. The molecule has 0 aliphatic heterocycles. The van der Waals surface area contributed by atoms with Crippen LogP contribution in [0.25, 0.3) is 5.57 Å². The summed E-state index contributed by atoms with van der Waals surface area (Å²) in [5.41, 5.74) is 3.37. The number of aromatic nitrogens is 1. The summed E-state index contributed by atoms with van der Waals surface area (Å²) >= 11 is 0. The molecule has 3 nitrogen and oxygen atoms in total. The smallest absolute Gasteiger partial charge is 0.244 e. The van der Waals surface area contributed by atoms with E-state index in [2.05, 4.69) is 23.3 Å². The molecule has 1 aromatic heterocycles. The Morgan fingerprint density at radius 2 is 2.00 bits per heavy atom. The van der Waals surface area contributed by atoms with Gasteiger partial charge < -0.3 is 5.32 Å². The minimum absolute atomic E-state index is 0.0214. The van der Waals surface area contributed by atoms with Gasteiger partial charge in [-0.2, -0.15) is 0 Å². The van der Waals surface area contributed by atoms with E-state index in [9.17, 15) is 4.79 Å². The van der Waals surface area contributed by atoms with E-state index in [-0.39, 0.29) is 5.91 Å². The van der Waals surface area contributed by atoms with Gasteiger partial charge in [-0.3, -0.25) is 9.78 Å². The first-order chi connectivity index (χ1) is 10.8. The molecule has 22 heavy (non-hydrogen) atoms. The number of hydrogen-bond acceptors (Lipinski definition) is 2. The third-order valence-corrected chi connectivity index (χ3v) is 3.50. The quantitative estimate of drug-likeness (QED) is 0.626. The zero-order valence-electron chi connectivity index (χ0n) is 13.0. The standard InChI is InChI=1S/C19H22N2O/c1-2-17(18-10-4-3-5-11-18)14-19(22)21-13-7-9-16-8-6-12-20-15-16/h3-6,8,10-12,14-15H,2,7,9,13H2,1H3,(H,21,22)/b17-14+. The van der Waals surface area contributed by atoms with Crippen molar-refractivity contribution in [1.29, 1.82) is 0 Å². The number of nitrogens with one attached hydrogen (secondary N) is 1. The summed E-state index contributed by atoms with van der Waals surface area (Å²) in [5.74, 6) is -0.0214. The third-order valence-electron chi connectivity index (χ3n) is 3.50. The Labute approximate surface area is 132 Å². The highest BCUT2D eigenvalue weighted by atomic mass is 16.1. The second-order valence-electron chi connectivity index (χ2n) is 5.15. The fraction of sp³-hybridized carbons (Fsp3) is 0.263. The van der Waals surface area contributed by atoms with Crippen molar-refractivity contribution >= 4 is 11.5 Å². The highest BCUT2D eigenvalue weighted by Crippen LogP contribution is 2.16. The number of pyridine rings is 1. The van der Waals surface area contributed by atoms with Crippen LogP contribution in [0, 0.1) is 0 Å². The molecule has 0 unspecified atom stereocenters. The van der Waals surface area contributed by atoms with Crippen LogP contribution in [-0.2, 0) is 11.2 Å². The average Bonchev–Trinajstić information content (AvgIpc) is 2.58.